The zero-order chi connectivity index (χ0) is 13.6. The van der Waals surface area contributed by atoms with Gasteiger partial charge in [0.1, 0.15) is 5.52 Å². The van der Waals surface area contributed by atoms with Crippen molar-refractivity contribution in [2.45, 2.75) is 33.2 Å². The maximum absolute atomic E-state index is 12.3. The average molecular weight is 258 g/mol. The zero-order valence-corrected chi connectivity index (χ0v) is 11.0. The van der Waals surface area contributed by atoms with Crippen LogP contribution in [0.4, 0.5) is 0 Å². The molecule has 3 rings (SSSR count). The third-order valence-electron chi connectivity index (χ3n) is 3.05. The Morgan fingerprint density at radius 1 is 1.32 bits per heavy atom. The van der Waals surface area contributed by atoms with Gasteiger partial charge in [-0.3, -0.25) is 4.79 Å². The molecule has 0 fully saturated rings. The Balaban J connectivity index is 2.41. The molecule has 3 heterocycles. The minimum Gasteiger partial charge on any atom is -0.311 e. The van der Waals surface area contributed by atoms with E-state index >= 15 is 0 Å². The molecule has 3 aromatic rings. The van der Waals surface area contributed by atoms with Gasteiger partial charge < -0.3 is 4.57 Å². The summed E-state index contributed by atoms with van der Waals surface area (Å²) in [4.78, 5) is 16.5. The normalized spacial score (nSPS) is 11.8. The highest BCUT2D eigenvalue weighted by molar-refractivity contribution is 5.74. The van der Waals surface area contributed by atoms with E-state index in [2.05, 4.69) is 20.3 Å². The van der Waals surface area contributed by atoms with Crippen molar-refractivity contribution in [2.24, 2.45) is 0 Å². The molecule has 0 atom stereocenters. The number of fused-ring (bicyclic) bond motifs is 3. The van der Waals surface area contributed by atoms with Crippen LogP contribution >= 0.6 is 0 Å². The van der Waals surface area contributed by atoms with Crippen LogP contribution in [0.3, 0.4) is 0 Å². The number of nitrogens with zero attached hydrogens (tertiary/aromatic N) is 6. The van der Waals surface area contributed by atoms with Crippen molar-refractivity contribution in [3.05, 3.63) is 28.4 Å². The molecule has 0 spiro atoms. The monoisotopic (exact) mass is 258 g/mol. The number of hydrogen-bond donors (Lipinski definition) is 0. The molecule has 0 aromatic carbocycles. The summed E-state index contributed by atoms with van der Waals surface area (Å²) in [6.45, 7) is 5.86. The van der Waals surface area contributed by atoms with Gasteiger partial charge >= 0.3 is 0 Å². The lowest BCUT2D eigenvalue weighted by atomic mass is 10.3. The van der Waals surface area contributed by atoms with Crippen LogP contribution in [0.1, 0.15) is 32.6 Å². The molecule has 0 bridgehead atoms. The number of pyridine rings is 1. The summed E-state index contributed by atoms with van der Waals surface area (Å²) in [5, 5.41) is 12.3. The molecule has 7 heteroatoms. The smallest absolute Gasteiger partial charge is 0.280 e. The second kappa shape index (κ2) is 4.11. The van der Waals surface area contributed by atoms with E-state index in [0.717, 1.165) is 0 Å². The first kappa shape index (κ1) is 11.8. The highest BCUT2D eigenvalue weighted by Crippen LogP contribution is 2.10. The number of rotatable bonds is 2. The van der Waals surface area contributed by atoms with Gasteiger partial charge in [0.25, 0.3) is 11.3 Å². The van der Waals surface area contributed by atoms with Gasteiger partial charge in [0.15, 0.2) is 11.3 Å². The van der Waals surface area contributed by atoms with Crippen LogP contribution in [0.2, 0.25) is 0 Å². The van der Waals surface area contributed by atoms with E-state index < -0.39 is 0 Å². The van der Waals surface area contributed by atoms with E-state index in [4.69, 9.17) is 0 Å². The van der Waals surface area contributed by atoms with Crippen molar-refractivity contribution in [2.75, 3.05) is 0 Å². The topological polar surface area (TPSA) is 78.0 Å². The number of aromatic nitrogens is 6. The van der Waals surface area contributed by atoms with Gasteiger partial charge in [0.05, 0.1) is 0 Å². The van der Waals surface area contributed by atoms with Gasteiger partial charge in [-0.2, -0.15) is 9.50 Å². The lowest BCUT2D eigenvalue weighted by Gasteiger charge is -2.09. The fourth-order valence-electron chi connectivity index (χ4n) is 2.02. The Bertz CT molecular complexity index is 816. The van der Waals surface area contributed by atoms with E-state index in [0.29, 0.717) is 29.1 Å². The zero-order valence-electron chi connectivity index (χ0n) is 11.0. The van der Waals surface area contributed by atoms with Crippen LogP contribution in [0.25, 0.3) is 16.8 Å². The van der Waals surface area contributed by atoms with Crippen molar-refractivity contribution in [3.63, 3.8) is 0 Å². The average Bonchev–Trinajstić information content (AvgIpc) is 2.82. The van der Waals surface area contributed by atoms with Crippen molar-refractivity contribution < 1.29 is 0 Å². The molecule has 0 saturated carbocycles. The second-order valence-electron chi connectivity index (χ2n) is 4.65. The van der Waals surface area contributed by atoms with E-state index in [1.807, 2.05) is 26.8 Å². The van der Waals surface area contributed by atoms with Crippen molar-refractivity contribution in [1.82, 2.24) is 29.4 Å². The predicted octanol–water partition coefficient (Wildman–Crippen LogP) is 0.977. The summed E-state index contributed by atoms with van der Waals surface area (Å²) in [6, 6.07) is 1.91. The summed E-state index contributed by atoms with van der Waals surface area (Å²) in [6.07, 6.45) is 2.47. The summed E-state index contributed by atoms with van der Waals surface area (Å²) in [5.41, 5.74) is 0.797. The first-order valence-electron chi connectivity index (χ1n) is 6.25. The van der Waals surface area contributed by atoms with Crippen LogP contribution < -0.4 is 5.56 Å². The molecular weight excluding hydrogens is 244 g/mol. The molecule has 0 radical (unpaired) electrons. The van der Waals surface area contributed by atoms with Gasteiger partial charge in [-0.1, -0.05) is 6.92 Å². The van der Waals surface area contributed by atoms with Crippen molar-refractivity contribution in [1.29, 1.82) is 0 Å². The highest BCUT2D eigenvalue weighted by atomic mass is 16.1. The van der Waals surface area contributed by atoms with E-state index in [1.165, 1.54) is 0 Å². The molecule has 0 aliphatic rings. The molecule has 0 aliphatic heterocycles. The molecule has 19 heavy (non-hydrogen) atoms. The number of hydrogen-bond acceptors (Lipinski definition) is 5. The van der Waals surface area contributed by atoms with Gasteiger partial charge in [-0.15, -0.1) is 15.3 Å². The van der Waals surface area contributed by atoms with E-state index in [9.17, 15) is 4.79 Å². The highest BCUT2D eigenvalue weighted by Gasteiger charge is 2.12. The molecule has 3 aromatic heterocycles. The van der Waals surface area contributed by atoms with Crippen molar-refractivity contribution >= 4 is 16.8 Å². The predicted molar refractivity (Wildman–Crippen MR) is 70.1 cm³/mol. The van der Waals surface area contributed by atoms with Crippen LogP contribution in [0.5, 0.6) is 0 Å². The molecule has 0 saturated heterocycles. The molecule has 0 aliphatic carbocycles. The standard InChI is InChI=1S/C12H14N6O/c1-4-9-13-12-15-14-10-8(18(12)16-9)5-6-17(7(2)3)11(10)19/h5-7H,4H2,1-3H3. The van der Waals surface area contributed by atoms with Gasteiger partial charge in [-0.25, -0.2) is 0 Å². The van der Waals surface area contributed by atoms with E-state index in [-0.39, 0.29) is 11.6 Å². The maximum atomic E-state index is 12.3. The molecule has 7 nitrogen and oxygen atoms in total. The summed E-state index contributed by atoms with van der Waals surface area (Å²) in [5.74, 6) is 1.11. The SMILES string of the molecule is CCc1nc2nnc3c(=O)n(C(C)C)ccc3n2n1. The molecule has 98 valence electrons. The minimum atomic E-state index is -0.157. The summed E-state index contributed by atoms with van der Waals surface area (Å²) in [7, 11) is 0. The minimum absolute atomic E-state index is 0.0800. The van der Waals surface area contributed by atoms with Gasteiger partial charge in [0, 0.05) is 18.7 Å². The fourth-order valence-corrected chi connectivity index (χ4v) is 2.02. The Morgan fingerprint density at radius 2 is 2.11 bits per heavy atom. The summed E-state index contributed by atoms with van der Waals surface area (Å²) >= 11 is 0. The second-order valence-corrected chi connectivity index (χ2v) is 4.65. The largest absolute Gasteiger partial charge is 0.311 e. The Morgan fingerprint density at radius 3 is 2.79 bits per heavy atom. The number of aryl methyl sites for hydroxylation is 1. The molecular formula is C12H14N6O. The molecule has 0 N–H and O–H groups in total. The van der Waals surface area contributed by atoms with Gasteiger partial charge in [-0.05, 0) is 19.9 Å². The van der Waals surface area contributed by atoms with Crippen LogP contribution in [0.15, 0.2) is 17.1 Å². The first-order chi connectivity index (χ1) is 9.11. The third-order valence-corrected chi connectivity index (χ3v) is 3.05. The Kier molecular flexibility index (Phi) is 2.55. The third kappa shape index (κ3) is 1.69. The fraction of sp³-hybridized carbons (Fsp3) is 0.417. The van der Waals surface area contributed by atoms with E-state index in [1.54, 1.807) is 15.3 Å². The quantitative estimate of drug-likeness (QED) is 0.684. The maximum Gasteiger partial charge on any atom is 0.280 e. The van der Waals surface area contributed by atoms with Crippen LogP contribution in [0, 0.1) is 0 Å². The van der Waals surface area contributed by atoms with Crippen LogP contribution in [-0.4, -0.2) is 29.4 Å². The Hall–Kier alpha value is -2.31. The Labute approximate surface area is 108 Å². The van der Waals surface area contributed by atoms with Crippen LogP contribution in [-0.2, 0) is 6.42 Å². The summed E-state index contributed by atoms with van der Waals surface area (Å²) < 4.78 is 3.20. The lowest BCUT2D eigenvalue weighted by molar-refractivity contribution is 0.581. The first-order valence-corrected chi connectivity index (χ1v) is 6.25. The van der Waals surface area contributed by atoms with Crippen molar-refractivity contribution in [3.8, 4) is 0 Å². The molecule has 0 amide bonds. The lowest BCUT2D eigenvalue weighted by Crippen LogP contribution is -2.23. The van der Waals surface area contributed by atoms with Gasteiger partial charge in [0.2, 0.25) is 0 Å². The molecule has 0 unspecified atom stereocenters.